The van der Waals surface area contributed by atoms with Crippen LogP contribution < -0.4 is 10.3 Å². The van der Waals surface area contributed by atoms with Crippen LogP contribution in [0.5, 0.6) is 0 Å². The van der Waals surface area contributed by atoms with E-state index < -0.39 is 5.60 Å². The first kappa shape index (κ1) is 21.0. The predicted octanol–water partition coefficient (Wildman–Crippen LogP) is 4.02. The van der Waals surface area contributed by atoms with Crippen LogP contribution in [0, 0.1) is 0 Å². The number of carbonyl (C=O) groups excluding carboxylic acids is 1. The van der Waals surface area contributed by atoms with E-state index in [-0.39, 0.29) is 22.9 Å². The van der Waals surface area contributed by atoms with Gasteiger partial charge in [0.05, 0.1) is 16.7 Å². The van der Waals surface area contributed by atoms with Crippen LogP contribution in [0.2, 0.25) is 0 Å². The van der Waals surface area contributed by atoms with Crippen molar-refractivity contribution in [2.45, 2.75) is 38.3 Å². The van der Waals surface area contributed by atoms with Crippen LogP contribution in [0.3, 0.4) is 0 Å². The van der Waals surface area contributed by atoms with Gasteiger partial charge in [-0.25, -0.2) is 4.98 Å². The van der Waals surface area contributed by atoms with E-state index in [1.165, 1.54) is 6.20 Å². The number of nitrogens with one attached hydrogen (secondary N) is 1. The number of anilines is 1. The van der Waals surface area contributed by atoms with Gasteiger partial charge in [-0.1, -0.05) is 18.2 Å². The normalized spacial score (nSPS) is 13.8. The van der Waals surface area contributed by atoms with E-state index in [0.717, 1.165) is 35.3 Å². The zero-order chi connectivity index (χ0) is 23.2. The van der Waals surface area contributed by atoms with Crippen molar-refractivity contribution < 1.29 is 9.90 Å². The van der Waals surface area contributed by atoms with Crippen molar-refractivity contribution in [3.05, 3.63) is 88.5 Å². The molecule has 0 bridgehead atoms. The standard InChI is InChI=1S/C26H24N4O3/c1-26(2,33)17-8-11-22(28-14-17)16-5-3-6-19(13-16)30(18-9-10-18)25(32)21-15-29-24-20(23(21)31)7-4-12-27-24/h3-8,11-15,18,33H,9-10H2,1-2H3,(H,27,29,31). The molecule has 1 aliphatic rings. The molecule has 3 heterocycles. The van der Waals surface area contributed by atoms with Crippen molar-refractivity contribution >= 4 is 22.6 Å². The van der Waals surface area contributed by atoms with Crippen LogP contribution >= 0.6 is 0 Å². The van der Waals surface area contributed by atoms with Gasteiger partial charge >= 0.3 is 0 Å². The van der Waals surface area contributed by atoms with Gasteiger partial charge in [-0.05, 0) is 57.0 Å². The number of hydrogen-bond acceptors (Lipinski definition) is 5. The molecule has 1 saturated carbocycles. The van der Waals surface area contributed by atoms with Crippen LogP contribution in [0.1, 0.15) is 42.6 Å². The molecule has 7 nitrogen and oxygen atoms in total. The lowest BCUT2D eigenvalue weighted by molar-refractivity contribution is 0.0782. The molecule has 166 valence electrons. The highest BCUT2D eigenvalue weighted by Gasteiger charge is 2.35. The fraction of sp³-hybridized carbons (Fsp3) is 0.231. The Morgan fingerprint density at radius 1 is 1.12 bits per heavy atom. The number of hydrogen-bond donors (Lipinski definition) is 2. The van der Waals surface area contributed by atoms with Gasteiger partial charge in [0.25, 0.3) is 5.91 Å². The third-order valence-corrected chi connectivity index (χ3v) is 5.90. The molecule has 0 atom stereocenters. The SMILES string of the molecule is CC(C)(O)c1ccc(-c2cccc(N(C(=O)c3c[nH]c4ncccc4c3=O)C3CC3)c2)nc1. The zero-order valence-electron chi connectivity index (χ0n) is 18.4. The van der Waals surface area contributed by atoms with Crippen molar-refractivity contribution in [1.29, 1.82) is 0 Å². The first-order valence-corrected chi connectivity index (χ1v) is 10.9. The van der Waals surface area contributed by atoms with E-state index in [4.69, 9.17) is 0 Å². The lowest BCUT2D eigenvalue weighted by Crippen LogP contribution is -2.36. The number of aliphatic hydroxyl groups is 1. The Hall–Kier alpha value is -3.84. The highest BCUT2D eigenvalue weighted by molar-refractivity contribution is 6.08. The molecule has 1 fully saturated rings. The summed E-state index contributed by atoms with van der Waals surface area (Å²) >= 11 is 0. The zero-order valence-corrected chi connectivity index (χ0v) is 18.4. The molecule has 2 N–H and O–H groups in total. The third kappa shape index (κ3) is 4.03. The van der Waals surface area contributed by atoms with Crippen LogP contribution in [-0.2, 0) is 5.60 Å². The van der Waals surface area contributed by atoms with Crippen molar-refractivity contribution in [1.82, 2.24) is 15.0 Å². The lowest BCUT2D eigenvalue weighted by Gasteiger charge is -2.23. The second-order valence-electron chi connectivity index (χ2n) is 8.88. The van der Waals surface area contributed by atoms with E-state index in [0.29, 0.717) is 11.0 Å². The average Bonchev–Trinajstić information content (AvgIpc) is 3.64. The number of fused-ring (bicyclic) bond motifs is 1. The maximum Gasteiger partial charge on any atom is 0.264 e. The van der Waals surface area contributed by atoms with Crippen LogP contribution in [-0.4, -0.2) is 32.0 Å². The number of rotatable bonds is 5. The Morgan fingerprint density at radius 3 is 2.64 bits per heavy atom. The highest BCUT2D eigenvalue weighted by Crippen LogP contribution is 2.34. The Bertz CT molecular complexity index is 1400. The molecule has 0 unspecified atom stereocenters. The summed E-state index contributed by atoms with van der Waals surface area (Å²) < 4.78 is 0. The predicted molar refractivity (Wildman–Crippen MR) is 127 cm³/mol. The number of amides is 1. The van der Waals surface area contributed by atoms with Crippen molar-refractivity contribution in [2.24, 2.45) is 0 Å². The van der Waals surface area contributed by atoms with Gasteiger partial charge < -0.3 is 15.0 Å². The monoisotopic (exact) mass is 440 g/mol. The number of aromatic nitrogens is 3. The topological polar surface area (TPSA) is 99.2 Å². The quantitative estimate of drug-likeness (QED) is 0.488. The molecule has 3 aromatic heterocycles. The van der Waals surface area contributed by atoms with E-state index in [9.17, 15) is 14.7 Å². The fourth-order valence-corrected chi connectivity index (χ4v) is 3.91. The molecule has 1 aromatic carbocycles. The van der Waals surface area contributed by atoms with E-state index in [2.05, 4.69) is 15.0 Å². The number of carbonyl (C=O) groups is 1. The molecule has 1 aliphatic carbocycles. The van der Waals surface area contributed by atoms with Gasteiger partial charge in [-0.15, -0.1) is 0 Å². The summed E-state index contributed by atoms with van der Waals surface area (Å²) in [6.45, 7) is 3.43. The van der Waals surface area contributed by atoms with Crippen LogP contribution in [0.25, 0.3) is 22.3 Å². The smallest absolute Gasteiger partial charge is 0.264 e. The molecule has 7 heteroatoms. The van der Waals surface area contributed by atoms with Crippen molar-refractivity contribution in [3.8, 4) is 11.3 Å². The van der Waals surface area contributed by atoms with Gasteiger partial charge in [0.2, 0.25) is 5.43 Å². The lowest BCUT2D eigenvalue weighted by atomic mass is 9.99. The molecule has 0 aliphatic heterocycles. The Labute approximate surface area is 190 Å². The number of nitrogens with zero attached hydrogens (tertiary/aromatic N) is 3. The molecule has 4 aromatic rings. The summed E-state index contributed by atoms with van der Waals surface area (Å²) in [7, 11) is 0. The maximum atomic E-state index is 13.5. The molecule has 1 amide bonds. The van der Waals surface area contributed by atoms with Crippen LogP contribution in [0.15, 0.2) is 71.9 Å². The average molecular weight is 441 g/mol. The summed E-state index contributed by atoms with van der Waals surface area (Å²) in [6, 6.07) is 14.7. The number of pyridine rings is 3. The number of H-pyrrole nitrogens is 1. The molecule has 33 heavy (non-hydrogen) atoms. The van der Waals surface area contributed by atoms with E-state index >= 15 is 0 Å². The first-order chi connectivity index (χ1) is 15.8. The largest absolute Gasteiger partial charge is 0.386 e. The molecule has 0 saturated heterocycles. The summed E-state index contributed by atoms with van der Waals surface area (Å²) in [5.41, 5.74) is 2.30. The van der Waals surface area contributed by atoms with E-state index in [1.807, 2.05) is 36.4 Å². The Kier molecular flexibility index (Phi) is 5.06. The Morgan fingerprint density at radius 2 is 1.94 bits per heavy atom. The third-order valence-electron chi connectivity index (χ3n) is 5.90. The second kappa shape index (κ2) is 7.94. The molecular formula is C26H24N4O3. The molecule has 0 radical (unpaired) electrons. The maximum absolute atomic E-state index is 13.5. The van der Waals surface area contributed by atoms with Crippen LogP contribution in [0.4, 0.5) is 5.69 Å². The minimum Gasteiger partial charge on any atom is -0.386 e. The molecular weight excluding hydrogens is 416 g/mol. The Balaban J connectivity index is 1.52. The van der Waals surface area contributed by atoms with Gasteiger partial charge in [-0.3, -0.25) is 14.6 Å². The highest BCUT2D eigenvalue weighted by atomic mass is 16.3. The van der Waals surface area contributed by atoms with Gasteiger partial charge in [0.1, 0.15) is 11.2 Å². The fourth-order valence-electron chi connectivity index (χ4n) is 3.91. The summed E-state index contributed by atoms with van der Waals surface area (Å²) in [5.74, 6) is -0.327. The van der Waals surface area contributed by atoms with Crippen molar-refractivity contribution in [3.63, 3.8) is 0 Å². The second-order valence-corrected chi connectivity index (χ2v) is 8.88. The minimum absolute atomic E-state index is 0.0577. The van der Waals surface area contributed by atoms with Gasteiger partial charge in [0.15, 0.2) is 0 Å². The minimum atomic E-state index is -0.967. The summed E-state index contributed by atoms with van der Waals surface area (Å²) in [6.07, 6.45) is 6.50. The first-order valence-electron chi connectivity index (χ1n) is 10.9. The van der Waals surface area contributed by atoms with E-state index in [1.54, 1.807) is 43.3 Å². The van der Waals surface area contributed by atoms with Crippen molar-refractivity contribution in [2.75, 3.05) is 4.90 Å². The van der Waals surface area contributed by atoms with Gasteiger partial charge in [0, 0.05) is 41.4 Å². The summed E-state index contributed by atoms with van der Waals surface area (Å²) in [5, 5.41) is 10.6. The molecule has 0 spiro atoms. The number of benzene rings is 1. The summed E-state index contributed by atoms with van der Waals surface area (Å²) in [4.78, 5) is 39.9. The number of aromatic amines is 1. The molecule has 5 rings (SSSR count). The van der Waals surface area contributed by atoms with Gasteiger partial charge in [-0.2, -0.15) is 0 Å².